The molecule has 3 N–H and O–H groups in total. The van der Waals surface area contributed by atoms with Crippen molar-refractivity contribution in [1.29, 1.82) is 0 Å². The minimum atomic E-state index is 0.370. The fraction of sp³-hybridized carbons (Fsp3) is 0.600. The van der Waals surface area contributed by atoms with Gasteiger partial charge in [-0.2, -0.15) is 0 Å². The molecular formula is C10H16N4S. The molecule has 15 heavy (non-hydrogen) atoms. The largest absolute Gasteiger partial charge is 0.366 e. The molecule has 0 spiro atoms. The summed E-state index contributed by atoms with van der Waals surface area (Å²) in [4.78, 5) is 8.33. The van der Waals surface area contributed by atoms with Crippen molar-refractivity contribution >= 4 is 17.6 Å². The van der Waals surface area contributed by atoms with E-state index >= 15 is 0 Å². The van der Waals surface area contributed by atoms with E-state index in [9.17, 15) is 0 Å². The van der Waals surface area contributed by atoms with Crippen LogP contribution in [-0.4, -0.2) is 28.8 Å². The quantitative estimate of drug-likeness (QED) is 0.584. The van der Waals surface area contributed by atoms with Crippen LogP contribution in [0.4, 0.5) is 5.82 Å². The summed E-state index contributed by atoms with van der Waals surface area (Å²) < 4.78 is 0. The van der Waals surface area contributed by atoms with E-state index in [1.165, 1.54) is 12.8 Å². The zero-order valence-electron chi connectivity index (χ0n) is 8.81. The normalized spacial score (nSPS) is 17.5. The molecule has 0 bridgehead atoms. The van der Waals surface area contributed by atoms with Crippen LogP contribution in [0.1, 0.15) is 12.8 Å². The van der Waals surface area contributed by atoms with Gasteiger partial charge in [-0.25, -0.2) is 9.97 Å². The van der Waals surface area contributed by atoms with Crippen LogP contribution < -0.4 is 11.1 Å². The monoisotopic (exact) mass is 224 g/mol. The van der Waals surface area contributed by atoms with E-state index in [-0.39, 0.29) is 0 Å². The lowest BCUT2D eigenvalue weighted by Crippen LogP contribution is -2.31. The molecule has 1 aromatic heterocycles. The summed E-state index contributed by atoms with van der Waals surface area (Å²) in [5, 5.41) is 4.36. The lowest BCUT2D eigenvalue weighted by molar-refractivity contribution is 0.641. The Balaban J connectivity index is 2.01. The third kappa shape index (κ3) is 2.82. The van der Waals surface area contributed by atoms with Crippen molar-refractivity contribution in [2.75, 3.05) is 18.1 Å². The Morgan fingerprint density at radius 1 is 1.60 bits per heavy atom. The Kier molecular flexibility index (Phi) is 3.43. The molecule has 0 radical (unpaired) electrons. The number of hydrogen-bond acceptors (Lipinski definition) is 5. The molecular weight excluding hydrogens is 208 g/mol. The lowest BCUT2D eigenvalue weighted by Gasteiger charge is -2.16. The van der Waals surface area contributed by atoms with Crippen molar-refractivity contribution in [3.8, 4) is 0 Å². The number of hydrogen-bond donors (Lipinski definition) is 2. The van der Waals surface area contributed by atoms with Crippen molar-refractivity contribution in [2.45, 2.75) is 23.9 Å². The molecule has 1 unspecified atom stereocenters. The molecule has 1 aromatic rings. The van der Waals surface area contributed by atoms with Gasteiger partial charge in [0, 0.05) is 18.7 Å². The molecule has 4 nitrogen and oxygen atoms in total. The third-order valence-electron chi connectivity index (χ3n) is 2.63. The lowest BCUT2D eigenvalue weighted by atomic mass is 10.2. The van der Waals surface area contributed by atoms with Gasteiger partial charge in [-0.05, 0) is 25.0 Å². The minimum absolute atomic E-state index is 0.370. The number of aromatic nitrogens is 2. The number of nitrogens with one attached hydrogen (secondary N) is 1. The molecule has 0 saturated heterocycles. The summed E-state index contributed by atoms with van der Waals surface area (Å²) in [6, 6.07) is 2.34. The van der Waals surface area contributed by atoms with E-state index in [2.05, 4.69) is 15.3 Å². The van der Waals surface area contributed by atoms with E-state index in [1.807, 2.05) is 12.3 Å². The van der Waals surface area contributed by atoms with Crippen molar-refractivity contribution < 1.29 is 0 Å². The highest BCUT2D eigenvalue weighted by molar-refractivity contribution is 7.98. The van der Waals surface area contributed by atoms with E-state index < -0.39 is 0 Å². The van der Waals surface area contributed by atoms with Gasteiger partial charge >= 0.3 is 0 Å². The van der Waals surface area contributed by atoms with Gasteiger partial charge in [0.25, 0.3) is 0 Å². The highest BCUT2D eigenvalue weighted by Gasteiger charge is 2.30. The maximum absolute atomic E-state index is 5.72. The Morgan fingerprint density at radius 2 is 2.40 bits per heavy atom. The Bertz CT molecular complexity index is 327. The zero-order valence-corrected chi connectivity index (χ0v) is 9.63. The van der Waals surface area contributed by atoms with Gasteiger partial charge < -0.3 is 11.1 Å². The number of nitrogens with zero attached hydrogens (tertiary/aromatic N) is 2. The van der Waals surface area contributed by atoms with E-state index in [4.69, 9.17) is 5.73 Å². The predicted molar refractivity (Wildman–Crippen MR) is 63.0 cm³/mol. The van der Waals surface area contributed by atoms with Crippen LogP contribution in [0.5, 0.6) is 0 Å². The second kappa shape index (κ2) is 4.81. The van der Waals surface area contributed by atoms with Crippen molar-refractivity contribution in [2.24, 2.45) is 11.7 Å². The maximum atomic E-state index is 5.72. The third-order valence-corrected chi connectivity index (χ3v) is 3.27. The first-order valence-corrected chi connectivity index (χ1v) is 6.38. The maximum Gasteiger partial charge on any atom is 0.130 e. The highest BCUT2D eigenvalue weighted by atomic mass is 32.2. The second-order valence-corrected chi connectivity index (χ2v) is 4.60. The first kappa shape index (κ1) is 10.7. The van der Waals surface area contributed by atoms with Crippen molar-refractivity contribution in [1.82, 2.24) is 9.97 Å². The Morgan fingerprint density at radius 3 is 3.00 bits per heavy atom. The molecule has 1 atom stereocenters. The van der Waals surface area contributed by atoms with Gasteiger partial charge in [-0.15, -0.1) is 11.8 Å². The first-order chi connectivity index (χ1) is 7.33. The average Bonchev–Trinajstić information content (AvgIpc) is 3.10. The summed E-state index contributed by atoms with van der Waals surface area (Å²) in [5.41, 5.74) is 5.72. The molecule has 1 saturated carbocycles. The van der Waals surface area contributed by atoms with Crippen LogP contribution >= 0.6 is 11.8 Å². The molecule has 82 valence electrons. The molecule has 2 rings (SSSR count). The van der Waals surface area contributed by atoms with Crippen molar-refractivity contribution in [3.63, 3.8) is 0 Å². The van der Waals surface area contributed by atoms with Gasteiger partial charge in [-0.3, -0.25) is 0 Å². The van der Waals surface area contributed by atoms with E-state index in [0.717, 1.165) is 16.8 Å². The summed E-state index contributed by atoms with van der Waals surface area (Å²) in [5.74, 6) is 1.62. The Labute approximate surface area is 94.1 Å². The molecule has 1 heterocycles. The zero-order chi connectivity index (χ0) is 10.7. The minimum Gasteiger partial charge on any atom is -0.366 e. The van der Waals surface area contributed by atoms with Crippen LogP contribution in [0.15, 0.2) is 17.4 Å². The molecule has 1 aliphatic rings. The van der Waals surface area contributed by atoms with Crippen LogP contribution in [0.2, 0.25) is 0 Å². The Hall–Kier alpha value is -0.810. The molecule has 0 amide bonds. The smallest absolute Gasteiger partial charge is 0.130 e. The van der Waals surface area contributed by atoms with Crippen LogP contribution in [-0.2, 0) is 0 Å². The van der Waals surface area contributed by atoms with Gasteiger partial charge in [-0.1, -0.05) is 0 Å². The van der Waals surface area contributed by atoms with Gasteiger partial charge in [0.2, 0.25) is 0 Å². The number of thioether (sulfide) groups is 1. The van der Waals surface area contributed by atoms with Gasteiger partial charge in [0.15, 0.2) is 0 Å². The molecule has 0 aromatic carbocycles. The standard InChI is InChI=1S/C10H16N4S/c1-15-10-4-9(12-6-13-10)14-8(5-11)7-2-3-7/h4,6-8H,2-3,5,11H2,1H3,(H,12,13,14). The van der Waals surface area contributed by atoms with Gasteiger partial charge in [0.05, 0.1) is 0 Å². The van der Waals surface area contributed by atoms with E-state index in [1.54, 1.807) is 18.1 Å². The van der Waals surface area contributed by atoms with Gasteiger partial charge in [0.1, 0.15) is 17.2 Å². The van der Waals surface area contributed by atoms with Crippen molar-refractivity contribution in [3.05, 3.63) is 12.4 Å². The molecule has 1 fully saturated rings. The van der Waals surface area contributed by atoms with Crippen LogP contribution in [0.25, 0.3) is 0 Å². The summed E-state index contributed by atoms with van der Waals surface area (Å²) in [6.07, 6.45) is 6.17. The summed E-state index contributed by atoms with van der Waals surface area (Å²) in [6.45, 7) is 0.670. The SMILES string of the molecule is CSc1cc(NC(CN)C2CC2)ncn1. The second-order valence-electron chi connectivity index (χ2n) is 3.77. The number of nitrogens with two attached hydrogens (primary N) is 1. The summed E-state index contributed by atoms with van der Waals surface area (Å²) in [7, 11) is 0. The fourth-order valence-electron chi connectivity index (χ4n) is 1.59. The van der Waals surface area contributed by atoms with Crippen LogP contribution in [0, 0.1) is 5.92 Å². The predicted octanol–water partition coefficient (Wildman–Crippen LogP) is 1.35. The first-order valence-electron chi connectivity index (χ1n) is 5.16. The fourth-order valence-corrected chi connectivity index (χ4v) is 1.97. The number of anilines is 1. The molecule has 5 heteroatoms. The number of rotatable bonds is 5. The molecule has 1 aliphatic carbocycles. The van der Waals surface area contributed by atoms with Crippen LogP contribution in [0.3, 0.4) is 0 Å². The highest BCUT2D eigenvalue weighted by Crippen LogP contribution is 2.33. The average molecular weight is 224 g/mol. The molecule has 0 aliphatic heterocycles. The van der Waals surface area contributed by atoms with E-state index in [0.29, 0.717) is 12.6 Å². The summed E-state index contributed by atoms with van der Waals surface area (Å²) >= 11 is 1.62. The topological polar surface area (TPSA) is 63.8 Å².